The number of fused-ring (bicyclic) bond motifs is 5. The van der Waals surface area contributed by atoms with Crippen molar-refractivity contribution in [1.82, 2.24) is 4.98 Å². The molecule has 4 heteroatoms. The molecule has 0 radical (unpaired) electrons. The number of para-hydroxylation sites is 3. The molecule has 0 spiro atoms. The highest BCUT2D eigenvalue weighted by Crippen LogP contribution is 2.37. The SMILES string of the molecule is c1ccc2c(c1)Oc1cc(-c3ccc4ccccc4n3)cc3c1B2c1ccccc1O3. The summed E-state index contributed by atoms with van der Waals surface area (Å²) >= 11 is 0. The van der Waals surface area contributed by atoms with E-state index in [9.17, 15) is 0 Å². The molecule has 144 valence electrons. The van der Waals surface area contributed by atoms with E-state index in [2.05, 4.69) is 54.6 Å². The third-order valence-corrected chi connectivity index (χ3v) is 6.19. The van der Waals surface area contributed by atoms with Gasteiger partial charge in [-0.25, -0.2) is 4.98 Å². The lowest BCUT2D eigenvalue weighted by Crippen LogP contribution is -2.57. The summed E-state index contributed by atoms with van der Waals surface area (Å²) in [6.45, 7) is 0.0958. The number of pyridine rings is 1. The van der Waals surface area contributed by atoms with Crippen LogP contribution in [0.25, 0.3) is 22.2 Å². The standard InChI is InChI=1S/C27H16BNO2/c1-4-10-21-17(7-1)13-14-22(29-21)18-15-25-27-26(16-18)31-24-12-6-3-9-20(24)28(27)19-8-2-5-11-23(19)30-25/h1-16H. The number of hydrogen-bond donors (Lipinski definition) is 0. The van der Waals surface area contributed by atoms with Crippen molar-refractivity contribution >= 4 is 34.0 Å². The molecule has 0 amide bonds. The fraction of sp³-hybridized carbons (Fsp3) is 0. The van der Waals surface area contributed by atoms with Crippen molar-refractivity contribution in [3.05, 3.63) is 97.1 Å². The molecule has 0 bridgehead atoms. The Morgan fingerprint density at radius 2 is 1.19 bits per heavy atom. The van der Waals surface area contributed by atoms with Crippen molar-refractivity contribution in [2.45, 2.75) is 0 Å². The fourth-order valence-electron chi connectivity index (χ4n) is 4.77. The van der Waals surface area contributed by atoms with E-state index in [1.165, 1.54) is 10.9 Å². The maximum absolute atomic E-state index is 6.38. The van der Waals surface area contributed by atoms with E-state index in [4.69, 9.17) is 14.5 Å². The number of benzene rings is 4. The summed E-state index contributed by atoms with van der Waals surface area (Å²) in [6, 6.07) is 33.1. The summed E-state index contributed by atoms with van der Waals surface area (Å²) in [5, 5.41) is 1.13. The Kier molecular flexibility index (Phi) is 3.36. The van der Waals surface area contributed by atoms with Gasteiger partial charge < -0.3 is 9.47 Å². The molecule has 7 rings (SSSR count). The van der Waals surface area contributed by atoms with E-state index in [1.54, 1.807) is 0 Å². The van der Waals surface area contributed by atoms with Gasteiger partial charge in [-0.1, -0.05) is 60.7 Å². The molecule has 31 heavy (non-hydrogen) atoms. The number of ether oxygens (including phenoxy) is 2. The topological polar surface area (TPSA) is 31.4 Å². The molecule has 0 aliphatic carbocycles. The summed E-state index contributed by atoms with van der Waals surface area (Å²) in [4.78, 5) is 4.88. The van der Waals surface area contributed by atoms with E-state index in [0.29, 0.717) is 0 Å². The zero-order chi connectivity index (χ0) is 20.4. The van der Waals surface area contributed by atoms with Gasteiger partial charge in [-0.2, -0.15) is 0 Å². The average Bonchev–Trinajstić information content (AvgIpc) is 2.83. The van der Waals surface area contributed by atoms with Gasteiger partial charge in [0.05, 0.1) is 11.2 Å². The van der Waals surface area contributed by atoms with E-state index < -0.39 is 0 Å². The first kappa shape index (κ1) is 16.7. The second-order valence-corrected chi connectivity index (χ2v) is 7.99. The molecule has 0 atom stereocenters. The Hall–Kier alpha value is -4.05. The molecule has 2 aliphatic rings. The first-order chi connectivity index (χ1) is 15.3. The molecule has 0 fully saturated rings. The van der Waals surface area contributed by atoms with Gasteiger partial charge in [0.25, 0.3) is 6.71 Å². The van der Waals surface area contributed by atoms with Crippen molar-refractivity contribution < 1.29 is 9.47 Å². The number of nitrogens with zero attached hydrogens (tertiary/aromatic N) is 1. The molecular formula is C27H16BNO2. The molecule has 4 aromatic carbocycles. The van der Waals surface area contributed by atoms with Crippen LogP contribution in [-0.2, 0) is 0 Å². The lowest BCUT2D eigenvalue weighted by Gasteiger charge is -2.33. The van der Waals surface area contributed by atoms with E-state index in [0.717, 1.165) is 50.6 Å². The summed E-state index contributed by atoms with van der Waals surface area (Å²) in [5.41, 5.74) is 6.28. The van der Waals surface area contributed by atoms with Gasteiger partial charge in [0.1, 0.15) is 23.0 Å². The predicted molar refractivity (Wildman–Crippen MR) is 125 cm³/mol. The first-order valence-electron chi connectivity index (χ1n) is 10.4. The lowest BCUT2D eigenvalue weighted by molar-refractivity contribution is 0.465. The average molecular weight is 397 g/mol. The molecular weight excluding hydrogens is 381 g/mol. The van der Waals surface area contributed by atoms with Crippen LogP contribution in [0.3, 0.4) is 0 Å². The zero-order valence-electron chi connectivity index (χ0n) is 16.6. The van der Waals surface area contributed by atoms with Crippen LogP contribution in [0, 0.1) is 0 Å². The molecule has 0 N–H and O–H groups in total. The van der Waals surface area contributed by atoms with Crippen molar-refractivity contribution in [3.63, 3.8) is 0 Å². The smallest absolute Gasteiger partial charge is 0.260 e. The van der Waals surface area contributed by atoms with Gasteiger partial charge >= 0.3 is 0 Å². The maximum Gasteiger partial charge on any atom is 0.260 e. The summed E-state index contributed by atoms with van der Waals surface area (Å²) in [6.07, 6.45) is 0. The third-order valence-electron chi connectivity index (χ3n) is 6.19. The predicted octanol–water partition coefficient (Wildman–Crippen LogP) is 4.63. The molecule has 2 aliphatic heterocycles. The molecule has 1 aromatic heterocycles. The summed E-state index contributed by atoms with van der Waals surface area (Å²) in [7, 11) is 0. The van der Waals surface area contributed by atoms with Gasteiger partial charge in [0, 0.05) is 16.4 Å². The van der Waals surface area contributed by atoms with Crippen molar-refractivity contribution in [3.8, 4) is 34.3 Å². The van der Waals surface area contributed by atoms with Crippen LogP contribution in [0.15, 0.2) is 97.1 Å². The van der Waals surface area contributed by atoms with Crippen LogP contribution in [0.4, 0.5) is 0 Å². The highest BCUT2D eigenvalue weighted by molar-refractivity contribution is 6.98. The summed E-state index contributed by atoms with van der Waals surface area (Å²) in [5.74, 6) is 3.46. The Bertz CT molecular complexity index is 1440. The van der Waals surface area contributed by atoms with Crippen LogP contribution in [0.1, 0.15) is 0 Å². The Morgan fingerprint density at radius 1 is 0.581 bits per heavy atom. The maximum atomic E-state index is 6.38. The van der Waals surface area contributed by atoms with Gasteiger partial charge in [-0.3, -0.25) is 0 Å². The van der Waals surface area contributed by atoms with Crippen LogP contribution >= 0.6 is 0 Å². The Balaban J connectivity index is 1.47. The third kappa shape index (κ3) is 2.45. The Labute approximate surface area is 180 Å². The summed E-state index contributed by atoms with van der Waals surface area (Å²) < 4.78 is 12.8. The molecule has 0 saturated carbocycles. The van der Waals surface area contributed by atoms with Crippen LogP contribution in [-0.4, -0.2) is 11.7 Å². The van der Waals surface area contributed by atoms with Gasteiger partial charge in [-0.05, 0) is 47.3 Å². The minimum atomic E-state index is 0.0958. The van der Waals surface area contributed by atoms with Crippen LogP contribution in [0.2, 0.25) is 0 Å². The molecule has 0 unspecified atom stereocenters. The zero-order valence-corrected chi connectivity index (χ0v) is 16.6. The van der Waals surface area contributed by atoms with Crippen molar-refractivity contribution in [2.75, 3.05) is 0 Å². The van der Waals surface area contributed by atoms with Crippen LogP contribution in [0.5, 0.6) is 23.0 Å². The Morgan fingerprint density at radius 3 is 1.90 bits per heavy atom. The van der Waals surface area contributed by atoms with E-state index in [-0.39, 0.29) is 6.71 Å². The monoisotopic (exact) mass is 397 g/mol. The second-order valence-electron chi connectivity index (χ2n) is 7.99. The molecule has 5 aromatic rings. The molecule has 0 saturated heterocycles. The van der Waals surface area contributed by atoms with Gasteiger partial charge in [0.15, 0.2) is 0 Å². The second kappa shape index (κ2) is 6.23. The minimum Gasteiger partial charge on any atom is -0.458 e. The van der Waals surface area contributed by atoms with Crippen molar-refractivity contribution in [2.24, 2.45) is 0 Å². The number of rotatable bonds is 1. The van der Waals surface area contributed by atoms with E-state index >= 15 is 0 Å². The van der Waals surface area contributed by atoms with Crippen molar-refractivity contribution in [1.29, 1.82) is 0 Å². The van der Waals surface area contributed by atoms with Gasteiger partial charge in [-0.15, -0.1) is 0 Å². The van der Waals surface area contributed by atoms with Crippen LogP contribution < -0.4 is 25.9 Å². The highest BCUT2D eigenvalue weighted by atomic mass is 16.5. The number of hydrogen-bond acceptors (Lipinski definition) is 3. The first-order valence-corrected chi connectivity index (χ1v) is 10.4. The normalized spacial score (nSPS) is 13.0. The molecule has 3 nitrogen and oxygen atoms in total. The van der Waals surface area contributed by atoms with E-state index in [1.807, 2.05) is 42.5 Å². The highest BCUT2D eigenvalue weighted by Gasteiger charge is 2.40. The lowest BCUT2D eigenvalue weighted by atomic mass is 9.35. The quantitative estimate of drug-likeness (QED) is 0.379. The van der Waals surface area contributed by atoms with Gasteiger partial charge in [0.2, 0.25) is 0 Å². The number of aromatic nitrogens is 1. The fourth-order valence-corrected chi connectivity index (χ4v) is 4.77. The molecule has 3 heterocycles. The largest absolute Gasteiger partial charge is 0.458 e. The minimum absolute atomic E-state index is 0.0958.